The van der Waals surface area contributed by atoms with Crippen LogP contribution in [-0.4, -0.2) is 20.6 Å². The van der Waals surface area contributed by atoms with E-state index in [0.717, 1.165) is 29.8 Å². The molecule has 1 amide bonds. The monoisotopic (exact) mass is 389 g/mol. The van der Waals surface area contributed by atoms with Gasteiger partial charge in [-0.15, -0.1) is 0 Å². The molecule has 2 N–H and O–H groups in total. The molecule has 0 unspecified atom stereocenters. The van der Waals surface area contributed by atoms with E-state index in [-0.39, 0.29) is 6.54 Å². The summed E-state index contributed by atoms with van der Waals surface area (Å²) in [4.78, 5) is 28.4. The smallest absolute Gasteiger partial charge is 0.296 e. The van der Waals surface area contributed by atoms with Crippen LogP contribution in [0.5, 0.6) is 5.75 Å². The highest BCUT2D eigenvalue weighted by Gasteiger charge is 2.23. The van der Waals surface area contributed by atoms with Crippen molar-refractivity contribution in [3.8, 4) is 17.1 Å². The first-order valence-corrected chi connectivity index (χ1v) is 8.06. The van der Waals surface area contributed by atoms with Crippen molar-refractivity contribution in [2.24, 2.45) is 7.05 Å². The molecule has 2 aromatic carbocycles. The molecule has 0 aliphatic carbocycles. The molecule has 144 valence electrons. The molecule has 0 saturated carbocycles. The molecule has 1 aromatic heterocycles. The number of carbonyl (C=O) groups is 1. The maximum atomic E-state index is 14.1. The Morgan fingerprint density at radius 2 is 1.71 bits per heavy atom. The SMILES string of the molecule is Cn1c(-c2c(F)cccc2F)nc(C(=O)NCc2ccc(F)cc2)c(O)c1=O. The third-order valence-corrected chi connectivity index (χ3v) is 4.03. The number of hydrogen-bond acceptors (Lipinski definition) is 4. The maximum absolute atomic E-state index is 14.1. The normalized spacial score (nSPS) is 10.7. The van der Waals surface area contributed by atoms with E-state index < -0.39 is 51.7 Å². The molecule has 3 rings (SSSR count). The predicted molar refractivity (Wildman–Crippen MR) is 94.1 cm³/mol. The van der Waals surface area contributed by atoms with E-state index in [0.29, 0.717) is 5.56 Å². The van der Waals surface area contributed by atoms with Crippen LogP contribution >= 0.6 is 0 Å². The number of aromatic nitrogens is 2. The quantitative estimate of drug-likeness (QED) is 0.718. The van der Waals surface area contributed by atoms with Crippen molar-refractivity contribution >= 4 is 5.91 Å². The number of nitrogens with one attached hydrogen (secondary N) is 1. The van der Waals surface area contributed by atoms with Crippen molar-refractivity contribution < 1.29 is 23.1 Å². The first-order valence-electron chi connectivity index (χ1n) is 8.06. The van der Waals surface area contributed by atoms with Crippen molar-refractivity contribution in [2.75, 3.05) is 0 Å². The molecular formula is C19H14F3N3O3. The van der Waals surface area contributed by atoms with Crippen LogP contribution in [0, 0.1) is 17.5 Å². The number of nitrogens with zero attached hydrogens (tertiary/aromatic N) is 2. The second-order valence-corrected chi connectivity index (χ2v) is 5.90. The fraction of sp³-hybridized carbons (Fsp3) is 0.105. The van der Waals surface area contributed by atoms with Gasteiger partial charge in [0.25, 0.3) is 11.5 Å². The summed E-state index contributed by atoms with van der Waals surface area (Å²) in [5, 5.41) is 12.4. The zero-order valence-electron chi connectivity index (χ0n) is 14.5. The molecule has 0 saturated heterocycles. The fourth-order valence-electron chi connectivity index (χ4n) is 2.55. The molecule has 0 fully saturated rings. The highest BCUT2D eigenvalue weighted by Crippen LogP contribution is 2.25. The summed E-state index contributed by atoms with van der Waals surface area (Å²) in [7, 11) is 1.16. The number of halogens is 3. The van der Waals surface area contributed by atoms with Crippen molar-refractivity contribution in [3.63, 3.8) is 0 Å². The summed E-state index contributed by atoms with van der Waals surface area (Å²) in [5.74, 6) is -4.75. The van der Waals surface area contributed by atoms with Gasteiger partial charge in [0.2, 0.25) is 5.75 Å². The van der Waals surface area contributed by atoms with Crippen LogP contribution in [0.4, 0.5) is 13.2 Å². The van der Waals surface area contributed by atoms with Gasteiger partial charge in [-0.3, -0.25) is 14.2 Å². The van der Waals surface area contributed by atoms with Crippen LogP contribution < -0.4 is 10.9 Å². The molecule has 3 aromatic rings. The molecule has 6 nitrogen and oxygen atoms in total. The third-order valence-electron chi connectivity index (χ3n) is 4.03. The van der Waals surface area contributed by atoms with Crippen molar-refractivity contribution in [2.45, 2.75) is 6.54 Å². The molecule has 28 heavy (non-hydrogen) atoms. The highest BCUT2D eigenvalue weighted by molar-refractivity contribution is 5.95. The van der Waals surface area contributed by atoms with Gasteiger partial charge < -0.3 is 10.4 Å². The summed E-state index contributed by atoms with van der Waals surface area (Å²) < 4.78 is 41.9. The molecule has 0 bridgehead atoms. The Morgan fingerprint density at radius 3 is 2.32 bits per heavy atom. The van der Waals surface area contributed by atoms with Gasteiger partial charge in [-0.05, 0) is 29.8 Å². The van der Waals surface area contributed by atoms with Crippen LogP contribution in [0.15, 0.2) is 47.3 Å². The third kappa shape index (κ3) is 3.59. The Bertz CT molecular complexity index is 1090. The molecule has 9 heteroatoms. The second-order valence-electron chi connectivity index (χ2n) is 5.90. The summed E-state index contributed by atoms with van der Waals surface area (Å²) in [6.45, 7) is -0.0428. The van der Waals surface area contributed by atoms with Gasteiger partial charge in [0.05, 0.1) is 5.56 Å². The Labute approximate surface area is 156 Å². The summed E-state index contributed by atoms with van der Waals surface area (Å²) >= 11 is 0. The van der Waals surface area contributed by atoms with Crippen molar-refractivity contribution in [3.05, 3.63) is 81.5 Å². The standard InChI is InChI=1S/C19H14F3N3O3/c1-25-17(14-12(21)3-2-4-13(14)22)24-15(16(26)19(25)28)18(27)23-9-10-5-7-11(20)8-6-10/h2-8,26H,9H2,1H3,(H,23,27). The average Bonchev–Trinajstić information content (AvgIpc) is 2.67. The number of amides is 1. The molecule has 0 aliphatic heterocycles. The van der Waals surface area contributed by atoms with Crippen LogP contribution in [0.3, 0.4) is 0 Å². The Hall–Kier alpha value is -3.62. The van der Waals surface area contributed by atoms with Gasteiger partial charge in [0.1, 0.15) is 23.3 Å². The van der Waals surface area contributed by atoms with Crippen LogP contribution in [0.25, 0.3) is 11.4 Å². The first-order chi connectivity index (χ1) is 13.3. The van der Waals surface area contributed by atoms with E-state index in [1.54, 1.807) is 0 Å². The molecule has 0 spiro atoms. The minimum absolute atomic E-state index is 0.0428. The zero-order chi connectivity index (χ0) is 20.4. The van der Waals surface area contributed by atoms with Gasteiger partial charge >= 0.3 is 0 Å². The van der Waals surface area contributed by atoms with E-state index >= 15 is 0 Å². The van der Waals surface area contributed by atoms with Crippen LogP contribution in [-0.2, 0) is 13.6 Å². The lowest BCUT2D eigenvalue weighted by Gasteiger charge is -2.13. The molecule has 0 aliphatic rings. The Morgan fingerprint density at radius 1 is 1.11 bits per heavy atom. The largest absolute Gasteiger partial charge is 0.501 e. The number of rotatable bonds is 4. The molecule has 0 radical (unpaired) electrons. The van der Waals surface area contributed by atoms with E-state index in [4.69, 9.17) is 0 Å². The number of benzene rings is 2. The van der Waals surface area contributed by atoms with Gasteiger partial charge in [-0.1, -0.05) is 18.2 Å². The zero-order valence-corrected chi connectivity index (χ0v) is 14.5. The van der Waals surface area contributed by atoms with Gasteiger partial charge in [0.15, 0.2) is 5.69 Å². The number of carbonyl (C=O) groups excluding carboxylic acids is 1. The van der Waals surface area contributed by atoms with E-state index in [2.05, 4.69) is 10.3 Å². The fourth-order valence-corrected chi connectivity index (χ4v) is 2.55. The summed E-state index contributed by atoms with van der Waals surface area (Å²) in [6, 6.07) is 8.38. The van der Waals surface area contributed by atoms with E-state index in [9.17, 15) is 27.9 Å². The lowest BCUT2D eigenvalue weighted by Crippen LogP contribution is -2.29. The predicted octanol–water partition coefficient (Wildman–Crippen LogP) is 2.50. The minimum atomic E-state index is -1.04. The lowest BCUT2D eigenvalue weighted by atomic mass is 10.1. The minimum Gasteiger partial charge on any atom is -0.501 e. The van der Waals surface area contributed by atoms with Gasteiger partial charge in [0, 0.05) is 13.6 Å². The molecule has 0 atom stereocenters. The van der Waals surface area contributed by atoms with E-state index in [1.807, 2.05) is 0 Å². The molecular weight excluding hydrogens is 375 g/mol. The van der Waals surface area contributed by atoms with Crippen molar-refractivity contribution in [1.29, 1.82) is 0 Å². The average molecular weight is 389 g/mol. The Kier molecular flexibility index (Phi) is 5.16. The van der Waals surface area contributed by atoms with E-state index in [1.165, 1.54) is 24.3 Å². The summed E-state index contributed by atoms with van der Waals surface area (Å²) in [6.07, 6.45) is 0. The first kappa shape index (κ1) is 19.2. The Balaban J connectivity index is 1.99. The maximum Gasteiger partial charge on any atom is 0.296 e. The number of aromatic hydroxyl groups is 1. The van der Waals surface area contributed by atoms with Crippen molar-refractivity contribution in [1.82, 2.24) is 14.9 Å². The van der Waals surface area contributed by atoms with Crippen LogP contribution in [0.1, 0.15) is 16.1 Å². The van der Waals surface area contributed by atoms with Crippen LogP contribution in [0.2, 0.25) is 0 Å². The number of hydrogen-bond donors (Lipinski definition) is 2. The highest BCUT2D eigenvalue weighted by atomic mass is 19.1. The topological polar surface area (TPSA) is 84.2 Å². The van der Waals surface area contributed by atoms with Gasteiger partial charge in [-0.2, -0.15) is 0 Å². The summed E-state index contributed by atoms with van der Waals surface area (Å²) in [5.41, 5.74) is -1.77. The van der Waals surface area contributed by atoms with Gasteiger partial charge in [-0.25, -0.2) is 18.2 Å². The second kappa shape index (κ2) is 7.55. The molecule has 1 heterocycles. The lowest BCUT2D eigenvalue weighted by molar-refractivity contribution is 0.0942.